The zero-order valence-corrected chi connectivity index (χ0v) is 11.9. The Kier molecular flexibility index (Phi) is 5.45. The predicted molar refractivity (Wildman–Crippen MR) is 75.5 cm³/mol. The molecule has 0 saturated heterocycles. The molecule has 0 bridgehead atoms. The molecule has 1 aliphatic carbocycles. The molecule has 0 amide bonds. The van der Waals surface area contributed by atoms with E-state index < -0.39 is 0 Å². The summed E-state index contributed by atoms with van der Waals surface area (Å²) in [6.07, 6.45) is 14.5. The first-order chi connectivity index (χ1) is 8.08. The van der Waals surface area contributed by atoms with Gasteiger partial charge in [-0.15, -0.1) is 0 Å². The Hall–Kier alpha value is -0.560. The molecule has 2 N–H and O–H groups in total. The van der Waals surface area contributed by atoms with Crippen LogP contribution in [0, 0.1) is 23.3 Å². The second-order valence-electron chi connectivity index (χ2n) is 5.62. The van der Waals surface area contributed by atoms with Gasteiger partial charge in [0.2, 0.25) is 0 Å². The summed E-state index contributed by atoms with van der Waals surface area (Å²) in [7, 11) is 0. The Morgan fingerprint density at radius 2 is 2.06 bits per heavy atom. The third-order valence-corrected chi connectivity index (χ3v) is 4.55. The van der Waals surface area contributed by atoms with Crippen LogP contribution in [0.25, 0.3) is 0 Å². The second kappa shape index (κ2) is 6.39. The average Bonchev–Trinajstić information content (AvgIpc) is 2.38. The molecule has 0 aromatic rings. The molecular weight excluding hydrogens is 206 g/mol. The van der Waals surface area contributed by atoms with Gasteiger partial charge in [-0.05, 0) is 24.3 Å². The molecule has 4 unspecified atom stereocenters. The van der Waals surface area contributed by atoms with Crippen molar-refractivity contribution in [2.24, 2.45) is 23.0 Å². The van der Waals surface area contributed by atoms with Crippen LogP contribution in [0.2, 0.25) is 0 Å². The van der Waals surface area contributed by atoms with Crippen LogP contribution in [0.5, 0.6) is 0 Å². The predicted octanol–water partition coefficient (Wildman–Crippen LogP) is 4.10. The lowest BCUT2D eigenvalue weighted by atomic mass is 9.62. The topological polar surface area (TPSA) is 26.0 Å². The van der Waals surface area contributed by atoms with Gasteiger partial charge in [0.15, 0.2) is 0 Å². The van der Waals surface area contributed by atoms with E-state index in [-0.39, 0.29) is 11.5 Å². The van der Waals surface area contributed by atoms with Gasteiger partial charge < -0.3 is 5.73 Å². The van der Waals surface area contributed by atoms with Crippen molar-refractivity contribution in [3.8, 4) is 0 Å². The highest BCUT2D eigenvalue weighted by atomic mass is 14.7. The highest BCUT2D eigenvalue weighted by Crippen LogP contribution is 2.43. The van der Waals surface area contributed by atoms with Crippen molar-refractivity contribution < 1.29 is 0 Å². The zero-order chi connectivity index (χ0) is 12.9. The third kappa shape index (κ3) is 3.01. The first-order valence-corrected chi connectivity index (χ1v) is 7.08. The Balaban J connectivity index is 2.93. The van der Waals surface area contributed by atoms with Crippen molar-refractivity contribution in [1.29, 1.82) is 0 Å². The van der Waals surface area contributed by atoms with Gasteiger partial charge in [0.1, 0.15) is 0 Å². The van der Waals surface area contributed by atoms with E-state index in [0.29, 0.717) is 11.8 Å². The van der Waals surface area contributed by atoms with Gasteiger partial charge in [0, 0.05) is 11.5 Å². The molecule has 1 heteroatoms. The molecule has 0 saturated carbocycles. The normalized spacial score (nSPS) is 29.0. The molecule has 0 spiro atoms. The van der Waals surface area contributed by atoms with Crippen LogP contribution < -0.4 is 5.73 Å². The van der Waals surface area contributed by atoms with Gasteiger partial charge in [0.05, 0.1) is 0 Å². The molecule has 97 valence electrons. The average molecular weight is 234 g/mol. The van der Waals surface area contributed by atoms with E-state index in [1.54, 1.807) is 0 Å². The largest absolute Gasteiger partial charge is 0.327 e. The lowest BCUT2D eigenvalue weighted by Crippen LogP contribution is -2.49. The quantitative estimate of drug-likeness (QED) is 0.735. The molecule has 4 atom stereocenters. The Morgan fingerprint density at radius 1 is 1.35 bits per heavy atom. The molecule has 0 aromatic heterocycles. The van der Waals surface area contributed by atoms with Gasteiger partial charge in [-0.1, -0.05) is 65.2 Å². The van der Waals surface area contributed by atoms with Crippen LogP contribution in [0.3, 0.4) is 0 Å². The number of hydrogen-bond acceptors (Lipinski definition) is 1. The molecular formula is C16H28N. The van der Waals surface area contributed by atoms with Crippen LogP contribution in [0.1, 0.15) is 53.4 Å². The summed E-state index contributed by atoms with van der Waals surface area (Å²) in [5, 5.41) is 0. The van der Waals surface area contributed by atoms with Gasteiger partial charge in [-0.2, -0.15) is 0 Å². The van der Waals surface area contributed by atoms with Gasteiger partial charge in [0.25, 0.3) is 0 Å². The molecule has 1 rings (SSSR count). The van der Waals surface area contributed by atoms with E-state index in [2.05, 4.69) is 45.9 Å². The number of hydrogen-bond donors (Lipinski definition) is 1. The maximum absolute atomic E-state index is 6.56. The second-order valence-corrected chi connectivity index (χ2v) is 5.62. The van der Waals surface area contributed by atoms with E-state index in [4.69, 9.17) is 5.73 Å². The first kappa shape index (κ1) is 14.5. The van der Waals surface area contributed by atoms with E-state index in [1.807, 2.05) is 6.08 Å². The zero-order valence-electron chi connectivity index (χ0n) is 11.9. The van der Waals surface area contributed by atoms with Crippen LogP contribution >= 0.6 is 0 Å². The van der Waals surface area contributed by atoms with Crippen LogP contribution in [0.4, 0.5) is 0 Å². The summed E-state index contributed by atoms with van der Waals surface area (Å²) in [6.45, 7) is 9.11. The molecule has 1 radical (unpaired) electrons. The maximum Gasteiger partial charge on any atom is 0.0162 e. The van der Waals surface area contributed by atoms with Crippen molar-refractivity contribution >= 4 is 0 Å². The monoisotopic (exact) mass is 234 g/mol. The smallest absolute Gasteiger partial charge is 0.0162 e. The van der Waals surface area contributed by atoms with Crippen LogP contribution in [-0.2, 0) is 0 Å². The van der Waals surface area contributed by atoms with Crippen LogP contribution in [-0.4, -0.2) is 6.04 Å². The number of nitrogens with two attached hydrogens (primary N) is 1. The van der Waals surface area contributed by atoms with Crippen molar-refractivity contribution in [2.75, 3.05) is 0 Å². The first-order valence-electron chi connectivity index (χ1n) is 7.08. The number of allylic oxidation sites excluding steroid dienone is 3. The summed E-state index contributed by atoms with van der Waals surface area (Å²) >= 11 is 0. The fourth-order valence-corrected chi connectivity index (χ4v) is 2.97. The SMILES string of the molecule is CCCC(C)C1(C(N)C(C)CC)C=CC=[C]C1. The molecule has 0 aromatic carbocycles. The highest BCUT2D eigenvalue weighted by Gasteiger charge is 2.40. The van der Waals surface area contributed by atoms with Crippen LogP contribution in [0.15, 0.2) is 18.2 Å². The summed E-state index contributed by atoms with van der Waals surface area (Å²) in [6, 6.07) is 0.242. The minimum Gasteiger partial charge on any atom is -0.327 e. The minimum absolute atomic E-state index is 0.125. The fraction of sp³-hybridized carbons (Fsp3) is 0.750. The lowest BCUT2D eigenvalue weighted by molar-refractivity contribution is 0.143. The van der Waals surface area contributed by atoms with Crippen molar-refractivity contribution in [3.63, 3.8) is 0 Å². The summed E-state index contributed by atoms with van der Waals surface area (Å²) < 4.78 is 0. The minimum atomic E-state index is 0.125. The Labute approximate surface area is 107 Å². The van der Waals surface area contributed by atoms with Gasteiger partial charge in [-0.3, -0.25) is 0 Å². The molecule has 0 heterocycles. The molecule has 1 nitrogen and oxygen atoms in total. The van der Waals surface area contributed by atoms with Crippen molar-refractivity contribution in [1.82, 2.24) is 0 Å². The Bertz CT molecular complexity index is 279. The third-order valence-electron chi connectivity index (χ3n) is 4.55. The lowest BCUT2D eigenvalue weighted by Gasteiger charge is -2.44. The maximum atomic E-state index is 6.56. The fourth-order valence-electron chi connectivity index (χ4n) is 2.97. The van der Waals surface area contributed by atoms with E-state index >= 15 is 0 Å². The highest BCUT2D eigenvalue weighted by molar-refractivity contribution is 5.18. The van der Waals surface area contributed by atoms with Crippen molar-refractivity contribution in [3.05, 3.63) is 24.3 Å². The van der Waals surface area contributed by atoms with Crippen molar-refractivity contribution in [2.45, 2.75) is 59.4 Å². The van der Waals surface area contributed by atoms with E-state index in [9.17, 15) is 0 Å². The van der Waals surface area contributed by atoms with Gasteiger partial charge >= 0.3 is 0 Å². The summed E-state index contributed by atoms with van der Waals surface area (Å²) in [5.41, 5.74) is 6.69. The van der Waals surface area contributed by atoms with Gasteiger partial charge in [-0.25, -0.2) is 0 Å². The summed E-state index contributed by atoms with van der Waals surface area (Å²) in [5.74, 6) is 1.20. The Morgan fingerprint density at radius 3 is 2.53 bits per heavy atom. The summed E-state index contributed by atoms with van der Waals surface area (Å²) in [4.78, 5) is 0. The van der Waals surface area contributed by atoms with E-state index in [1.165, 1.54) is 12.8 Å². The standard InChI is InChI=1S/C16H28N/c1-5-10-14(4)16(11-8-7-9-12-16)15(17)13(3)6-2/h7-8,11,13-15H,5-6,10,12,17H2,1-4H3. The van der Waals surface area contributed by atoms with E-state index in [0.717, 1.165) is 12.8 Å². The molecule has 0 fully saturated rings. The molecule has 17 heavy (non-hydrogen) atoms. The molecule has 1 aliphatic rings. The number of rotatable bonds is 6. The molecule has 0 aliphatic heterocycles.